The molecule has 0 saturated heterocycles. The second-order valence-electron chi connectivity index (χ2n) is 1.81. The summed E-state index contributed by atoms with van der Waals surface area (Å²) in [5, 5.41) is 14.4. The highest BCUT2D eigenvalue weighted by Gasteiger charge is 2.03. The minimum atomic E-state index is -0.0446. The van der Waals surface area contributed by atoms with Gasteiger partial charge in [-0.25, -0.2) is 0 Å². The minimum Gasteiger partial charge on any atom is -0.409 e. The summed E-state index contributed by atoms with van der Waals surface area (Å²) in [7, 11) is 0. The number of hydrogen-bond acceptors (Lipinski definition) is 4. The van der Waals surface area contributed by atoms with Crippen LogP contribution in [-0.4, -0.2) is 16.2 Å². The van der Waals surface area contributed by atoms with Crippen molar-refractivity contribution in [3.05, 3.63) is 17.5 Å². The van der Waals surface area contributed by atoms with Crippen LogP contribution in [-0.2, 0) is 0 Å². The van der Waals surface area contributed by atoms with E-state index in [1.807, 2.05) is 0 Å². The summed E-state index contributed by atoms with van der Waals surface area (Å²) in [6, 6.07) is 1.58. The Balaban J connectivity index is 2.95. The van der Waals surface area contributed by atoms with E-state index in [2.05, 4.69) is 14.8 Å². The highest BCUT2D eigenvalue weighted by molar-refractivity contribution is 5.95. The minimum absolute atomic E-state index is 0.0446. The summed E-state index contributed by atoms with van der Waals surface area (Å²) >= 11 is 0. The molecule has 1 rings (SSSR count). The Morgan fingerprint density at radius 1 is 1.90 bits per heavy atom. The smallest absolute Gasteiger partial charge is 0.192 e. The van der Waals surface area contributed by atoms with Crippen LogP contribution in [0.5, 0.6) is 0 Å². The molecule has 0 radical (unpaired) electrons. The van der Waals surface area contributed by atoms with Gasteiger partial charge in [-0.3, -0.25) is 0 Å². The van der Waals surface area contributed by atoms with E-state index in [1.165, 1.54) is 0 Å². The maximum Gasteiger partial charge on any atom is 0.192 e. The normalized spacial score (nSPS) is 11.9. The molecule has 0 bridgehead atoms. The van der Waals surface area contributed by atoms with Gasteiger partial charge in [0.25, 0.3) is 0 Å². The molecule has 0 atom stereocenters. The SMILES string of the molecule is Cc1cc(/C(N)=N\O)no1. The predicted molar refractivity (Wildman–Crippen MR) is 33.8 cm³/mol. The maximum atomic E-state index is 8.18. The summed E-state index contributed by atoms with van der Waals surface area (Å²) in [5.41, 5.74) is 5.53. The molecule has 0 spiro atoms. The van der Waals surface area contributed by atoms with Gasteiger partial charge in [-0.05, 0) is 6.92 Å². The molecule has 0 saturated carbocycles. The molecular weight excluding hydrogens is 134 g/mol. The molecule has 1 aromatic rings. The first-order chi connectivity index (χ1) is 4.74. The van der Waals surface area contributed by atoms with E-state index in [0.29, 0.717) is 11.5 Å². The van der Waals surface area contributed by atoms with Crippen LogP contribution < -0.4 is 5.73 Å². The van der Waals surface area contributed by atoms with Crippen LogP contribution in [0.3, 0.4) is 0 Å². The summed E-state index contributed by atoms with van der Waals surface area (Å²) < 4.78 is 4.67. The molecule has 0 aliphatic carbocycles. The fraction of sp³-hybridized carbons (Fsp3) is 0.200. The lowest BCUT2D eigenvalue weighted by molar-refractivity contribution is 0.318. The third-order valence-corrected chi connectivity index (χ3v) is 0.998. The van der Waals surface area contributed by atoms with E-state index < -0.39 is 0 Å². The second-order valence-corrected chi connectivity index (χ2v) is 1.81. The first-order valence-corrected chi connectivity index (χ1v) is 2.65. The molecule has 0 aromatic carbocycles. The second kappa shape index (κ2) is 2.38. The van der Waals surface area contributed by atoms with Crippen molar-refractivity contribution in [1.29, 1.82) is 0 Å². The van der Waals surface area contributed by atoms with Gasteiger partial charge in [-0.2, -0.15) is 0 Å². The van der Waals surface area contributed by atoms with E-state index in [-0.39, 0.29) is 5.84 Å². The van der Waals surface area contributed by atoms with Gasteiger partial charge in [0.05, 0.1) is 0 Å². The largest absolute Gasteiger partial charge is 0.409 e. The van der Waals surface area contributed by atoms with Crippen molar-refractivity contribution in [2.75, 3.05) is 0 Å². The number of oxime groups is 1. The molecule has 0 aliphatic heterocycles. The van der Waals surface area contributed by atoms with Gasteiger partial charge in [0, 0.05) is 6.07 Å². The Labute approximate surface area is 57.1 Å². The quantitative estimate of drug-likeness (QED) is 0.251. The van der Waals surface area contributed by atoms with Gasteiger partial charge >= 0.3 is 0 Å². The van der Waals surface area contributed by atoms with Gasteiger partial charge in [-0.15, -0.1) is 0 Å². The Morgan fingerprint density at radius 2 is 2.60 bits per heavy atom. The molecular formula is C5H7N3O2. The number of hydrogen-bond donors (Lipinski definition) is 2. The molecule has 0 aliphatic rings. The monoisotopic (exact) mass is 141 g/mol. The van der Waals surface area contributed by atoms with Crippen molar-refractivity contribution in [2.24, 2.45) is 10.9 Å². The number of nitrogens with zero attached hydrogens (tertiary/aromatic N) is 2. The topological polar surface area (TPSA) is 84.6 Å². The maximum absolute atomic E-state index is 8.18. The highest BCUT2D eigenvalue weighted by atomic mass is 16.5. The summed E-state index contributed by atoms with van der Waals surface area (Å²) in [6.07, 6.45) is 0. The van der Waals surface area contributed by atoms with E-state index in [0.717, 1.165) is 0 Å². The Kier molecular flexibility index (Phi) is 1.57. The van der Waals surface area contributed by atoms with Crippen molar-refractivity contribution in [1.82, 2.24) is 5.16 Å². The van der Waals surface area contributed by atoms with Crippen LogP contribution in [0.25, 0.3) is 0 Å². The van der Waals surface area contributed by atoms with Crippen molar-refractivity contribution in [2.45, 2.75) is 6.92 Å². The van der Waals surface area contributed by atoms with Gasteiger partial charge in [0.2, 0.25) is 0 Å². The van der Waals surface area contributed by atoms with Crippen LogP contribution in [0.1, 0.15) is 11.5 Å². The van der Waals surface area contributed by atoms with Crippen molar-refractivity contribution in [3.8, 4) is 0 Å². The summed E-state index contributed by atoms with van der Waals surface area (Å²) in [6.45, 7) is 1.72. The average Bonchev–Trinajstić information content (AvgIpc) is 2.34. The first-order valence-electron chi connectivity index (χ1n) is 2.65. The van der Waals surface area contributed by atoms with Gasteiger partial charge < -0.3 is 15.5 Å². The van der Waals surface area contributed by atoms with Crippen LogP contribution in [0.2, 0.25) is 0 Å². The fourth-order valence-corrected chi connectivity index (χ4v) is 0.538. The molecule has 54 valence electrons. The molecule has 0 unspecified atom stereocenters. The number of nitrogens with two attached hydrogens (primary N) is 1. The lowest BCUT2D eigenvalue weighted by Crippen LogP contribution is -2.12. The molecule has 5 nitrogen and oxygen atoms in total. The third kappa shape index (κ3) is 1.07. The van der Waals surface area contributed by atoms with Crippen LogP contribution in [0.4, 0.5) is 0 Å². The Morgan fingerprint density at radius 3 is 3.00 bits per heavy atom. The molecule has 0 amide bonds. The zero-order valence-electron chi connectivity index (χ0n) is 5.40. The standard InChI is InChI=1S/C5H7N3O2/c1-3-2-4(8-10-3)5(6)7-9/h2,9H,1H3,(H2,6,7). The summed E-state index contributed by atoms with van der Waals surface area (Å²) in [4.78, 5) is 0. The van der Waals surface area contributed by atoms with Crippen LogP contribution in [0.15, 0.2) is 15.7 Å². The predicted octanol–water partition coefficient (Wildman–Crippen LogP) is 0.0775. The molecule has 1 aromatic heterocycles. The van der Waals surface area contributed by atoms with Crippen molar-refractivity contribution >= 4 is 5.84 Å². The first kappa shape index (κ1) is 6.60. The number of amidine groups is 1. The molecule has 1 heterocycles. The Bertz CT molecular complexity index is 253. The number of aromatic nitrogens is 1. The average molecular weight is 141 g/mol. The van der Waals surface area contributed by atoms with Crippen LogP contribution in [0, 0.1) is 6.92 Å². The van der Waals surface area contributed by atoms with E-state index in [1.54, 1.807) is 13.0 Å². The summed E-state index contributed by atoms with van der Waals surface area (Å²) in [5.74, 6) is 0.582. The van der Waals surface area contributed by atoms with E-state index >= 15 is 0 Å². The lowest BCUT2D eigenvalue weighted by Gasteiger charge is -1.84. The number of aryl methyl sites for hydroxylation is 1. The highest BCUT2D eigenvalue weighted by Crippen LogP contribution is 1.99. The molecule has 0 fully saturated rings. The lowest BCUT2D eigenvalue weighted by atomic mass is 10.4. The number of rotatable bonds is 1. The molecule has 5 heteroatoms. The van der Waals surface area contributed by atoms with E-state index in [4.69, 9.17) is 10.9 Å². The van der Waals surface area contributed by atoms with Gasteiger partial charge in [0.15, 0.2) is 11.5 Å². The van der Waals surface area contributed by atoms with Gasteiger partial charge in [0.1, 0.15) is 5.76 Å². The molecule has 10 heavy (non-hydrogen) atoms. The molecule has 3 N–H and O–H groups in total. The van der Waals surface area contributed by atoms with E-state index in [9.17, 15) is 0 Å². The third-order valence-electron chi connectivity index (χ3n) is 0.998. The fourth-order valence-electron chi connectivity index (χ4n) is 0.538. The van der Waals surface area contributed by atoms with Crippen LogP contribution >= 0.6 is 0 Å². The van der Waals surface area contributed by atoms with Crippen molar-refractivity contribution < 1.29 is 9.73 Å². The zero-order valence-corrected chi connectivity index (χ0v) is 5.40. The Hall–Kier alpha value is -1.52. The van der Waals surface area contributed by atoms with Crippen molar-refractivity contribution in [3.63, 3.8) is 0 Å². The zero-order chi connectivity index (χ0) is 7.56. The van der Waals surface area contributed by atoms with Gasteiger partial charge in [-0.1, -0.05) is 10.3 Å².